The summed E-state index contributed by atoms with van der Waals surface area (Å²) in [5.74, 6) is 0.986. The molecule has 1 aromatic rings. The van der Waals surface area contributed by atoms with Gasteiger partial charge in [-0.15, -0.1) is 0 Å². The minimum Gasteiger partial charge on any atom is -0.310 e. The predicted molar refractivity (Wildman–Crippen MR) is 76.5 cm³/mol. The van der Waals surface area contributed by atoms with Crippen LogP contribution in [0, 0.1) is 12.8 Å². The molecule has 0 spiro atoms. The Kier molecular flexibility index (Phi) is 4.75. The molecule has 0 aliphatic heterocycles. The van der Waals surface area contributed by atoms with E-state index in [4.69, 9.17) is 0 Å². The summed E-state index contributed by atoms with van der Waals surface area (Å²) in [7, 11) is 0. The van der Waals surface area contributed by atoms with Gasteiger partial charge in [0.1, 0.15) is 5.82 Å². The lowest BCUT2D eigenvalue weighted by Gasteiger charge is -2.14. The molecule has 1 saturated carbocycles. The predicted octanol–water partition coefficient (Wildman–Crippen LogP) is 4.06. The van der Waals surface area contributed by atoms with E-state index >= 15 is 0 Å². The molecule has 0 bridgehead atoms. The van der Waals surface area contributed by atoms with Crippen molar-refractivity contribution in [3.05, 3.63) is 22.3 Å². The lowest BCUT2D eigenvalue weighted by atomic mass is 9.99. The van der Waals surface area contributed by atoms with Gasteiger partial charge in [-0.05, 0) is 47.3 Å². The van der Waals surface area contributed by atoms with Gasteiger partial charge in [0, 0.05) is 16.6 Å². The van der Waals surface area contributed by atoms with Gasteiger partial charge in [-0.3, -0.25) is 4.79 Å². The van der Waals surface area contributed by atoms with E-state index < -0.39 is 0 Å². The lowest BCUT2D eigenvalue weighted by molar-refractivity contribution is -0.120. The molecule has 1 heterocycles. The number of nitrogens with zero attached hydrogens (tertiary/aromatic N) is 1. The summed E-state index contributed by atoms with van der Waals surface area (Å²) in [5.41, 5.74) is 0.992. The van der Waals surface area contributed by atoms with Crippen LogP contribution in [0.2, 0.25) is 0 Å². The Morgan fingerprint density at radius 2 is 2.00 bits per heavy atom. The second kappa shape index (κ2) is 6.32. The monoisotopic (exact) mass is 310 g/mol. The van der Waals surface area contributed by atoms with Gasteiger partial charge < -0.3 is 5.32 Å². The minimum absolute atomic E-state index is 0.134. The molecule has 1 fully saturated rings. The molecule has 4 heteroatoms. The van der Waals surface area contributed by atoms with E-state index in [2.05, 4.69) is 26.2 Å². The highest BCUT2D eigenvalue weighted by Crippen LogP contribution is 2.25. The van der Waals surface area contributed by atoms with E-state index in [1.54, 1.807) is 6.20 Å². The maximum absolute atomic E-state index is 12.2. The molecule has 1 N–H and O–H groups in total. The third-order valence-electron chi connectivity index (χ3n) is 3.51. The number of hydrogen-bond donors (Lipinski definition) is 1. The molecule has 1 amide bonds. The first-order valence-corrected chi connectivity index (χ1v) is 7.39. The van der Waals surface area contributed by atoms with Crippen LogP contribution in [0.3, 0.4) is 0 Å². The summed E-state index contributed by atoms with van der Waals surface area (Å²) in [6.45, 7) is 1.96. The number of carbonyl (C=O) groups is 1. The zero-order valence-electron chi connectivity index (χ0n) is 10.7. The van der Waals surface area contributed by atoms with Gasteiger partial charge in [-0.25, -0.2) is 4.98 Å². The second-order valence-corrected chi connectivity index (χ2v) is 5.91. The fourth-order valence-electron chi connectivity index (χ4n) is 2.43. The van der Waals surface area contributed by atoms with E-state index in [9.17, 15) is 4.79 Å². The number of carbonyl (C=O) groups excluding carboxylic acids is 1. The average Bonchev–Trinajstić information content (AvgIpc) is 2.61. The third kappa shape index (κ3) is 3.55. The van der Waals surface area contributed by atoms with Crippen LogP contribution in [0.15, 0.2) is 16.7 Å². The first-order valence-electron chi connectivity index (χ1n) is 6.60. The van der Waals surface area contributed by atoms with Crippen molar-refractivity contribution < 1.29 is 4.79 Å². The molecule has 0 aromatic carbocycles. The molecule has 3 nitrogen and oxygen atoms in total. The van der Waals surface area contributed by atoms with Crippen LogP contribution in [0.5, 0.6) is 0 Å². The number of pyridine rings is 1. The number of aromatic nitrogens is 1. The van der Waals surface area contributed by atoms with Crippen molar-refractivity contribution in [1.82, 2.24) is 4.98 Å². The fraction of sp³-hybridized carbons (Fsp3) is 0.571. The third-order valence-corrected chi connectivity index (χ3v) is 3.95. The van der Waals surface area contributed by atoms with Crippen LogP contribution in [0.4, 0.5) is 5.82 Å². The molecule has 1 aliphatic carbocycles. The Morgan fingerprint density at radius 1 is 1.33 bits per heavy atom. The molecule has 2 rings (SSSR count). The quantitative estimate of drug-likeness (QED) is 0.837. The zero-order chi connectivity index (χ0) is 13.0. The van der Waals surface area contributed by atoms with Crippen molar-refractivity contribution in [1.29, 1.82) is 0 Å². The normalized spacial score (nSPS) is 17.2. The van der Waals surface area contributed by atoms with Crippen LogP contribution in [-0.2, 0) is 4.79 Å². The topological polar surface area (TPSA) is 42.0 Å². The smallest absolute Gasteiger partial charge is 0.228 e. The summed E-state index contributed by atoms with van der Waals surface area (Å²) in [5, 5.41) is 2.96. The Morgan fingerprint density at radius 3 is 2.61 bits per heavy atom. The summed E-state index contributed by atoms with van der Waals surface area (Å²) in [4.78, 5) is 16.5. The van der Waals surface area contributed by atoms with Crippen molar-refractivity contribution in [2.75, 3.05) is 5.32 Å². The van der Waals surface area contributed by atoms with Gasteiger partial charge in [0.15, 0.2) is 0 Å². The number of hydrogen-bond acceptors (Lipinski definition) is 2. The Labute approximate surface area is 117 Å². The lowest BCUT2D eigenvalue weighted by Crippen LogP contribution is -2.23. The largest absolute Gasteiger partial charge is 0.310 e. The Hall–Kier alpha value is -0.900. The van der Waals surface area contributed by atoms with Gasteiger partial charge in [0.05, 0.1) is 0 Å². The number of anilines is 1. The second-order valence-electron chi connectivity index (χ2n) is 5.00. The van der Waals surface area contributed by atoms with Crippen LogP contribution >= 0.6 is 15.9 Å². The van der Waals surface area contributed by atoms with Crippen molar-refractivity contribution in [2.45, 2.75) is 45.4 Å². The highest BCUT2D eigenvalue weighted by Gasteiger charge is 2.20. The van der Waals surface area contributed by atoms with Gasteiger partial charge in [0.25, 0.3) is 0 Å². The van der Waals surface area contributed by atoms with E-state index in [1.807, 2.05) is 13.0 Å². The summed E-state index contributed by atoms with van der Waals surface area (Å²) in [6.07, 6.45) is 8.62. The average molecular weight is 311 g/mol. The molecule has 98 valence electrons. The molecular weight excluding hydrogens is 292 g/mol. The fourth-order valence-corrected chi connectivity index (χ4v) is 2.88. The maximum atomic E-state index is 12.2. The van der Waals surface area contributed by atoms with E-state index in [1.165, 1.54) is 25.7 Å². The summed E-state index contributed by atoms with van der Waals surface area (Å²) < 4.78 is 0.937. The first kappa shape index (κ1) is 13.5. The zero-order valence-corrected chi connectivity index (χ0v) is 12.3. The standard InChI is InChI=1S/C14H19BrN2O/c1-10-8-12(15)9-16-13(10)17-14(18)11-6-4-2-3-5-7-11/h8-9,11H,2-7H2,1H3,(H,16,17,18). The SMILES string of the molecule is Cc1cc(Br)cnc1NC(=O)C1CCCCCC1. The summed E-state index contributed by atoms with van der Waals surface area (Å²) in [6, 6.07) is 1.97. The number of nitrogens with one attached hydrogen (secondary N) is 1. The van der Waals surface area contributed by atoms with E-state index in [-0.39, 0.29) is 11.8 Å². The first-order chi connectivity index (χ1) is 8.66. The van der Waals surface area contributed by atoms with Crippen molar-refractivity contribution in [3.63, 3.8) is 0 Å². The van der Waals surface area contributed by atoms with Gasteiger partial charge in [-0.2, -0.15) is 0 Å². The molecule has 1 aromatic heterocycles. The Balaban J connectivity index is 2.01. The van der Waals surface area contributed by atoms with Crippen molar-refractivity contribution in [2.24, 2.45) is 5.92 Å². The van der Waals surface area contributed by atoms with Gasteiger partial charge in [0.2, 0.25) is 5.91 Å². The van der Waals surface area contributed by atoms with Crippen LogP contribution in [0.1, 0.15) is 44.1 Å². The highest BCUT2D eigenvalue weighted by molar-refractivity contribution is 9.10. The summed E-state index contributed by atoms with van der Waals surface area (Å²) >= 11 is 3.37. The minimum atomic E-state index is 0.134. The number of rotatable bonds is 2. The maximum Gasteiger partial charge on any atom is 0.228 e. The molecule has 0 atom stereocenters. The molecule has 0 unspecified atom stereocenters. The van der Waals surface area contributed by atoms with Crippen LogP contribution in [-0.4, -0.2) is 10.9 Å². The Bertz CT molecular complexity index is 426. The highest BCUT2D eigenvalue weighted by atomic mass is 79.9. The molecule has 18 heavy (non-hydrogen) atoms. The van der Waals surface area contributed by atoms with Crippen LogP contribution in [0.25, 0.3) is 0 Å². The van der Waals surface area contributed by atoms with Crippen LogP contribution < -0.4 is 5.32 Å². The van der Waals surface area contributed by atoms with Gasteiger partial charge >= 0.3 is 0 Å². The number of aryl methyl sites for hydroxylation is 1. The van der Waals surface area contributed by atoms with Crippen molar-refractivity contribution in [3.8, 4) is 0 Å². The van der Waals surface area contributed by atoms with Gasteiger partial charge in [-0.1, -0.05) is 25.7 Å². The van der Waals surface area contributed by atoms with E-state index in [0.29, 0.717) is 5.82 Å². The molecule has 0 saturated heterocycles. The molecule has 1 aliphatic rings. The van der Waals surface area contributed by atoms with Crippen molar-refractivity contribution >= 4 is 27.7 Å². The molecule has 0 radical (unpaired) electrons. The van der Waals surface area contributed by atoms with E-state index in [0.717, 1.165) is 22.9 Å². The molecular formula is C14H19BrN2O. The number of amides is 1. The number of halogens is 1.